The lowest BCUT2D eigenvalue weighted by molar-refractivity contribution is -0.153. The van der Waals surface area contributed by atoms with Crippen LogP contribution in [0.5, 0.6) is 0 Å². The molecule has 0 amide bonds. The summed E-state index contributed by atoms with van der Waals surface area (Å²) in [6, 6.07) is 0. The van der Waals surface area contributed by atoms with E-state index in [1.165, 1.54) is 0 Å². The van der Waals surface area contributed by atoms with Gasteiger partial charge in [0.15, 0.2) is 0 Å². The standard InChI is InChI=1S/C10H18O4/c11-7-8(12)6-10(9(13)14)4-2-1-3-5-10/h8,11-12H,1-7H2,(H,13,14). The summed E-state index contributed by atoms with van der Waals surface area (Å²) in [5, 5.41) is 27.2. The van der Waals surface area contributed by atoms with E-state index in [2.05, 4.69) is 0 Å². The molecule has 1 rings (SSSR count). The van der Waals surface area contributed by atoms with Crippen molar-refractivity contribution >= 4 is 5.97 Å². The van der Waals surface area contributed by atoms with Gasteiger partial charge in [-0.05, 0) is 19.3 Å². The topological polar surface area (TPSA) is 77.8 Å². The van der Waals surface area contributed by atoms with Crippen LogP contribution in [0.1, 0.15) is 38.5 Å². The fourth-order valence-corrected chi connectivity index (χ4v) is 2.25. The van der Waals surface area contributed by atoms with E-state index in [1.54, 1.807) is 0 Å². The Morgan fingerprint density at radius 2 is 1.86 bits per heavy atom. The van der Waals surface area contributed by atoms with Gasteiger partial charge < -0.3 is 15.3 Å². The van der Waals surface area contributed by atoms with Gasteiger partial charge in [-0.1, -0.05) is 19.3 Å². The summed E-state index contributed by atoms with van der Waals surface area (Å²) in [6.07, 6.45) is 3.42. The molecule has 1 unspecified atom stereocenters. The molecule has 0 bridgehead atoms. The smallest absolute Gasteiger partial charge is 0.309 e. The minimum Gasteiger partial charge on any atom is -0.481 e. The van der Waals surface area contributed by atoms with Gasteiger partial charge in [0.2, 0.25) is 0 Å². The third-order valence-corrected chi connectivity index (χ3v) is 3.10. The fourth-order valence-electron chi connectivity index (χ4n) is 2.25. The van der Waals surface area contributed by atoms with Crippen LogP contribution in [0.3, 0.4) is 0 Å². The number of carboxylic acids is 1. The van der Waals surface area contributed by atoms with Gasteiger partial charge in [0, 0.05) is 0 Å². The second-order valence-electron chi connectivity index (χ2n) is 4.19. The third kappa shape index (κ3) is 2.45. The lowest BCUT2D eigenvalue weighted by atomic mass is 9.71. The molecule has 0 radical (unpaired) electrons. The number of hydrogen-bond donors (Lipinski definition) is 3. The maximum absolute atomic E-state index is 11.1. The van der Waals surface area contributed by atoms with Crippen LogP contribution in [-0.2, 0) is 4.79 Å². The maximum Gasteiger partial charge on any atom is 0.309 e. The lowest BCUT2D eigenvalue weighted by Crippen LogP contribution is -2.37. The number of aliphatic carboxylic acids is 1. The number of aliphatic hydroxyl groups is 2. The number of aliphatic hydroxyl groups excluding tert-OH is 2. The van der Waals surface area contributed by atoms with Crippen LogP contribution >= 0.6 is 0 Å². The zero-order valence-corrected chi connectivity index (χ0v) is 8.28. The molecule has 0 aromatic rings. The third-order valence-electron chi connectivity index (χ3n) is 3.10. The molecule has 0 saturated heterocycles. The molecule has 1 saturated carbocycles. The summed E-state index contributed by atoms with van der Waals surface area (Å²) >= 11 is 0. The highest BCUT2D eigenvalue weighted by Crippen LogP contribution is 2.40. The average Bonchev–Trinajstić information content (AvgIpc) is 2.19. The van der Waals surface area contributed by atoms with E-state index >= 15 is 0 Å². The molecule has 14 heavy (non-hydrogen) atoms. The van der Waals surface area contributed by atoms with Crippen molar-refractivity contribution in [2.45, 2.75) is 44.6 Å². The predicted molar refractivity (Wildman–Crippen MR) is 50.9 cm³/mol. The van der Waals surface area contributed by atoms with E-state index in [4.69, 9.17) is 10.2 Å². The van der Waals surface area contributed by atoms with Crippen molar-refractivity contribution < 1.29 is 20.1 Å². The summed E-state index contributed by atoms with van der Waals surface area (Å²) in [4.78, 5) is 11.1. The maximum atomic E-state index is 11.1. The molecule has 82 valence electrons. The zero-order valence-electron chi connectivity index (χ0n) is 8.28. The summed E-state index contributed by atoms with van der Waals surface area (Å²) in [6.45, 7) is -0.352. The number of carboxylic acid groups (broad SMARTS) is 1. The number of hydrogen-bond acceptors (Lipinski definition) is 3. The van der Waals surface area contributed by atoms with E-state index < -0.39 is 17.5 Å². The second-order valence-corrected chi connectivity index (χ2v) is 4.19. The van der Waals surface area contributed by atoms with Gasteiger partial charge in [0.25, 0.3) is 0 Å². The van der Waals surface area contributed by atoms with Crippen LogP contribution in [0, 0.1) is 5.41 Å². The predicted octanol–water partition coefficient (Wildman–Crippen LogP) is 0.765. The summed E-state index contributed by atoms with van der Waals surface area (Å²) < 4.78 is 0. The monoisotopic (exact) mass is 202 g/mol. The quantitative estimate of drug-likeness (QED) is 0.629. The van der Waals surface area contributed by atoms with Crippen molar-refractivity contribution in [2.75, 3.05) is 6.61 Å². The Bertz CT molecular complexity index is 196. The fraction of sp³-hybridized carbons (Fsp3) is 0.900. The van der Waals surface area contributed by atoms with E-state index in [1.807, 2.05) is 0 Å². The summed E-state index contributed by atoms with van der Waals surface area (Å²) in [7, 11) is 0. The van der Waals surface area contributed by atoms with Crippen molar-refractivity contribution in [3.63, 3.8) is 0 Å². The van der Waals surface area contributed by atoms with Gasteiger partial charge >= 0.3 is 5.97 Å². The minimum absolute atomic E-state index is 0.179. The molecule has 1 aliphatic carbocycles. The highest BCUT2D eigenvalue weighted by atomic mass is 16.4. The second kappa shape index (κ2) is 4.75. The van der Waals surface area contributed by atoms with E-state index in [0.29, 0.717) is 12.8 Å². The van der Waals surface area contributed by atoms with Crippen LogP contribution in [0.4, 0.5) is 0 Å². The van der Waals surface area contributed by atoms with Crippen LogP contribution in [-0.4, -0.2) is 34.0 Å². The SMILES string of the molecule is O=C(O)C1(CC(O)CO)CCCCC1. The van der Waals surface area contributed by atoms with Gasteiger partial charge in [0.1, 0.15) is 0 Å². The van der Waals surface area contributed by atoms with Crippen molar-refractivity contribution in [2.24, 2.45) is 5.41 Å². The molecule has 0 heterocycles. The molecule has 0 aromatic heterocycles. The van der Waals surface area contributed by atoms with Crippen LogP contribution in [0.25, 0.3) is 0 Å². The zero-order chi connectivity index (χ0) is 10.6. The van der Waals surface area contributed by atoms with Gasteiger partial charge in [-0.25, -0.2) is 0 Å². The number of carbonyl (C=O) groups is 1. The van der Waals surface area contributed by atoms with Crippen molar-refractivity contribution in [1.29, 1.82) is 0 Å². The Morgan fingerprint density at radius 3 is 2.29 bits per heavy atom. The molecule has 1 atom stereocenters. The molecule has 0 spiro atoms. The van der Waals surface area contributed by atoms with Gasteiger partial charge in [-0.2, -0.15) is 0 Å². The highest BCUT2D eigenvalue weighted by Gasteiger charge is 2.40. The Balaban J connectivity index is 2.65. The number of rotatable bonds is 4. The van der Waals surface area contributed by atoms with E-state index in [9.17, 15) is 9.90 Å². The molecular weight excluding hydrogens is 184 g/mol. The molecule has 4 heteroatoms. The summed E-state index contributed by atoms with van der Waals surface area (Å²) in [5.74, 6) is -0.829. The van der Waals surface area contributed by atoms with E-state index in [0.717, 1.165) is 19.3 Å². The van der Waals surface area contributed by atoms with E-state index in [-0.39, 0.29) is 13.0 Å². The molecule has 1 aliphatic rings. The Morgan fingerprint density at radius 1 is 1.29 bits per heavy atom. The van der Waals surface area contributed by atoms with Crippen LogP contribution in [0.2, 0.25) is 0 Å². The molecule has 4 nitrogen and oxygen atoms in total. The average molecular weight is 202 g/mol. The van der Waals surface area contributed by atoms with Crippen LogP contribution < -0.4 is 0 Å². The van der Waals surface area contributed by atoms with Crippen LogP contribution in [0.15, 0.2) is 0 Å². The van der Waals surface area contributed by atoms with Crippen molar-refractivity contribution in [1.82, 2.24) is 0 Å². The molecule has 0 aliphatic heterocycles. The van der Waals surface area contributed by atoms with Gasteiger partial charge in [-0.3, -0.25) is 4.79 Å². The van der Waals surface area contributed by atoms with Crippen molar-refractivity contribution in [3.8, 4) is 0 Å². The first-order valence-electron chi connectivity index (χ1n) is 5.13. The highest BCUT2D eigenvalue weighted by molar-refractivity contribution is 5.74. The molecule has 0 aromatic carbocycles. The molecule has 3 N–H and O–H groups in total. The van der Waals surface area contributed by atoms with Gasteiger partial charge in [-0.15, -0.1) is 0 Å². The molecular formula is C10H18O4. The first-order chi connectivity index (χ1) is 6.60. The first kappa shape index (κ1) is 11.5. The Hall–Kier alpha value is -0.610. The Kier molecular flexibility index (Phi) is 3.89. The largest absolute Gasteiger partial charge is 0.481 e. The normalized spacial score (nSPS) is 23.0. The minimum atomic E-state index is -0.899. The Labute approximate surface area is 83.6 Å². The summed E-state index contributed by atoms with van der Waals surface area (Å²) in [5.41, 5.74) is -0.791. The first-order valence-corrected chi connectivity index (χ1v) is 5.13. The van der Waals surface area contributed by atoms with Crippen molar-refractivity contribution in [3.05, 3.63) is 0 Å². The van der Waals surface area contributed by atoms with Gasteiger partial charge in [0.05, 0.1) is 18.1 Å². The lowest BCUT2D eigenvalue weighted by Gasteiger charge is -2.34. The molecule has 1 fully saturated rings.